The lowest BCUT2D eigenvalue weighted by Crippen LogP contribution is -2.17. The normalized spacial score (nSPS) is 10.3. The standard InChI is InChI=1S/C18H21ClN2O/c1-3-14-8-6-7-13(2)18(14)21-17(22)11-12-20-16-10-5-4-9-15(16)19/h4-10,20H,3,11-12H2,1-2H3,(H,21,22). The highest BCUT2D eigenvalue weighted by molar-refractivity contribution is 6.33. The van der Waals surface area contributed by atoms with Gasteiger partial charge >= 0.3 is 0 Å². The maximum Gasteiger partial charge on any atom is 0.226 e. The molecule has 2 aromatic carbocycles. The molecule has 0 radical (unpaired) electrons. The predicted octanol–water partition coefficient (Wildman–Crippen LogP) is 4.65. The highest BCUT2D eigenvalue weighted by atomic mass is 35.5. The smallest absolute Gasteiger partial charge is 0.226 e. The zero-order valence-electron chi connectivity index (χ0n) is 12.9. The van der Waals surface area contributed by atoms with Gasteiger partial charge in [0, 0.05) is 18.7 Å². The number of nitrogens with one attached hydrogen (secondary N) is 2. The Morgan fingerprint density at radius 3 is 2.64 bits per heavy atom. The molecule has 0 saturated heterocycles. The first-order chi connectivity index (χ1) is 10.6. The number of rotatable bonds is 6. The number of halogens is 1. The van der Waals surface area contributed by atoms with E-state index in [0.29, 0.717) is 18.0 Å². The molecule has 0 aliphatic heterocycles. The Balaban J connectivity index is 1.90. The summed E-state index contributed by atoms with van der Waals surface area (Å²) in [6.45, 7) is 4.64. The summed E-state index contributed by atoms with van der Waals surface area (Å²) in [5.41, 5.74) is 4.04. The fourth-order valence-electron chi connectivity index (χ4n) is 2.32. The van der Waals surface area contributed by atoms with Crippen molar-refractivity contribution in [3.8, 4) is 0 Å². The number of hydrogen-bond acceptors (Lipinski definition) is 2. The molecule has 2 rings (SSSR count). The van der Waals surface area contributed by atoms with Gasteiger partial charge in [-0.3, -0.25) is 4.79 Å². The molecule has 2 N–H and O–H groups in total. The molecule has 3 nitrogen and oxygen atoms in total. The number of amides is 1. The van der Waals surface area contributed by atoms with E-state index >= 15 is 0 Å². The van der Waals surface area contributed by atoms with Crippen LogP contribution in [0.3, 0.4) is 0 Å². The number of hydrogen-bond donors (Lipinski definition) is 2. The van der Waals surface area contributed by atoms with Crippen molar-refractivity contribution in [1.29, 1.82) is 0 Å². The second-order valence-corrected chi connectivity index (χ2v) is 5.57. The minimum absolute atomic E-state index is 0.00329. The molecule has 0 atom stereocenters. The van der Waals surface area contributed by atoms with Crippen LogP contribution >= 0.6 is 11.6 Å². The highest BCUT2D eigenvalue weighted by Crippen LogP contribution is 2.22. The van der Waals surface area contributed by atoms with Crippen LogP contribution in [0.15, 0.2) is 42.5 Å². The van der Waals surface area contributed by atoms with Crippen LogP contribution in [0.2, 0.25) is 5.02 Å². The Morgan fingerprint density at radius 1 is 1.14 bits per heavy atom. The van der Waals surface area contributed by atoms with Crippen LogP contribution in [0.4, 0.5) is 11.4 Å². The Kier molecular flexibility index (Phi) is 5.84. The summed E-state index contributed by atoms with van der Waals surface area (Å²) in [5, 5.41) is 6.86. The monoisotopic (exact) mass is 316 g/mol. The maximum atomic E-state index is 12.1. The van der Waals surface area contributed by atoms with Gasteiger partial charge in [-0.05, 0) is 36.6 Å². The molecular formula is C18H21ClN2O. The van der Waals surface area contributed by atoms with E-state index in [1.54, 1.807) is 0 Å². The van der Waals surface area contributed by atoms with E-state index in [4.69, 9.17) is 11.6 Å². The quantitative estimate of drug-likeness (QED) is 0.814. The first-order valence-corrected chi connectivity index (χ1v) is 7.86. The molecular weight excluding hydrogens is 296 g/mol. The third-order valence-corrected chi connectivity index (χ3v) is 3.88. The number of aryl methyl sites for hydroxylation is 2. The number of carbonyl (C=O) groups is 1. The Morgan fingerprint density at radius 2 is 1.91 bits per heavy atom. The van der Waals surface area contributed by atoms with Gasteiger partial charge in [-0.25, -0.2) is 0 Å². The molecule has 0 bridgehead atoms. The summed E-state index contributed by atoms with van der Waals surface area (Å²) in [6.07, 6.45) is 1.29. The zero-order chi connectivity index (χ0) is 15.9. The van der Waals surface area contributed by atoms with E-state index in [-0.39, 0.29) is 5.91 Å². The molecule has 22 heavy (non-hydrogen) atoms. The Labute approximate surface area is 136 Å². The van der Waals surface area contributed by atoms with E-state index in [2.05, 4.69) is 17.6 Å². The molecule has 0 fully saturated rings. The van der Waals surface area contributed by atoms with Crippen LogP contribution in [-0.4, -0.2) is 12.5 Å². The highest BCUT2D eigenvalue weighted by Gasteiger charge is 2.08. The summed E-state index contributed by atoms with van der Waals surface area (Å²) < 4.78 is 0. The van der Waals surface area contributed by atoms with Crippen molar-refractivity contribution in [3.05, 3.63) is 58.6 Å². The summed E-state index contributed by atoms with van der Waals surface area (Å²) in [4.78, 5) is 12.1. The second kappa shape index (κ2) is 7.85. The van der Waals surface area contributed by atoms with E-state index in [0.717, 1.165) is 28.9 Å². The molecule has 0 spiro atoms. The van der Waals surface area contributed by atoms with Crippen molar-refractivity contribution < 1.29 is 4.79 Å². The summed E-state index contributed by atoms with van der Waals surface area (Å²) in [7, 11) is 0. The minimum atomic E-state index is 0.00329. The fourth-order valence-corrected chi connectivity index (χ4v) is 2.52. The second-order valence-electron chi connectivity index (χ2n) is 5.17. The molecule has 0 aliphatic carbocycles. The Bertz CT molecular complexity index is 655. The summed E-state index contributed by atoms with van der Waals surface area (Å²) >= 11 is 6.07. The number of benzene rings is 2. The van der Waals surface area contributed by atoms with Gasteiger partial charge in [0.1, 0.15) is 0 Å². The fraction of sp³-hybridized carbons (Fsp3) is 0.278. The van der Waals surface area contributed by atoms with E-state index < -0.39 is 0 Å². The topological polar surface area (TPSA) is 41.1 Å². The van der Waals surface area contributed by atoms with Crippen LogP contribution in [-0.2, 0) is 11.2 Å². The summed E-state index contributed by atoms with van der Waals surface area (Å²) in [6, 6.07) is 13.6. The number of para-hydroxylation sites is 2. The van der Waals surface area contributed by atoms with Gasteiger partial charge in [0.2, 0.25) is 5.91 Å². The van der Waals surface area contributed by atoms with Crippen molar-refractivity contribution in [1.82, 2.24) is 0 Å². The van der Waals surface area contributed by atoms with Crippen LogP contribution in [0, 0.1) is 6.92 Å². The van der Waals surface area contributed by atoms with Gasteiger partial charge < -0.3 is 10.6 Å². The van der Waals surface area contributed by atoms with E-state index in [9.17, 15) is 4.79 Å². The Hall–Kier alpha value is -2.00. The van der Waals surface area contributed by atoms with Crippen LogP contribution in [0.25, 0.3) is 0 Å². The lowest BCUT2D eigenvalue weighted by Gasteiger charge is -2.13. The first-order valence-electron chi connectivity index (χ1n) is 7.48. The zero-order valence-corrected chi connectivity index (χ0v) is 13.7. The van der Waals surface area contributed by atoms with Crippen molar-refractivity contribution in [2.24, 2.45) is 0 Å². The van der Waals surface area contributed by atoms with Crippen LogP contribution in [0.5, 0.6) is 0 Å². The molecule has 0 aromatic heterocycles. The number of carbonyl (C=O) groups excluding carboxylic acids is 1. The lowest BCUT2D eigenvalue weighted by atomic mass is 10.1. The van der Waals surface area contributed by atoms with Crippen molar-refractivity contribution in [3.63, 3.8) is 0 Å². The average Bonchev–Trinajstić information content (AvgIpc) is 2.51. The third kappa shape index (κ3) is 4.25. The molecule has 0 saturated carbocycles. The molecule has 116 valence electrons. The SMILES string of the molecule is CCc1cccc(C)c1NC(=O)CCNc1ccccc1Cl. The minimum Gasteiger partial charge on any atom is -0.383 e. The van der Waals surface area contributed by atoms with Gasteiger partial charge in [0.25, 0.3) is 0 Å². The van der Waals surface area contributed by atoms with Crippen LogP contribution in [0.1, 0.15) is 24.5 Å². The van der Waals surface area contributed by atoms with Crippen molar-refractivity contribution >= 4 is 28.9 Å². The van der Waals surface area contributed by atoms with E-state index in [1.807, 2.05) is 49.4 Å². The first kappa shape index (κ1) is 16.4. The third-order valence-electron chi connectivity index (χ3n) is 3.55. The molecule has 1 amide bonds. The van der Waals surface area contributed by atoms with Gasteiger partial charge in [0.05, 0.1) is 10.7 Å². The van der Waals surface area contributed by atoms with Crippen molar-refractivity contribution in [2.75, 3.05) is 17.2 Å². The van der Waals surface area contributed by atoms with Gasteiger partial charge in [0.15, 0.2) is 0 Å². The average molecular weight is 317 g/mol. The molecule has 0 heterocycles. The molecule has 0 aliphatic rings. The predicted molar refractivity (Wildman–Crippen MR) is 93.7 cm³/mol. The lowest BCUT2D eigenvalue weighted by molar-refractivity contribution is -0.115. The number of anilines is 2. The largest absolute Gasteiger partial charge is 0.383 e. The molecule has 2 aromatic rings. The van der Waals surface area contributed by atoms with Gasteiger partial charge in [-0.1, -0.05) is 48.9 Å². The molecule has 4 heteroatoms. The maximum absolute atomic E-state index is 12.1. The van der Waals surface area contributed by atoms with Gasteiger partial charge in [-0.15, -0.1) is 0 Å². The van der Waals surface area contributed by atoms with Crippen molar-refractivity contribution in [2.45, 2.75) is 26.7 Å². The molecule has 0 unspecified atom stereocenters. The van der Waals surface area contributed by atoms with E-state index in [1.165, 1.54) is 0 Å². The summed E-state index contributed by atoms with van der Waals surface area (Å²) in [5.74, 6) is 0.00329. The van der Waals surface area contributed by atoms with Crippen LogP contribution < -0.4 is 10.6 Å². The van der Waals surface area contributed by atoms with Gasteiger partial charge in [-0.2, -0.15) is 0 Å².